The van der Waals surface area contributed by atoms with E-state index >= 15 is 0 Å². The molecule has 0 unspecified atom stereocenters. The van der Waals surface area contributed by atoms with Crippen LogP contribution in [0.3, 0.4) is 0 Å². The molecule has 1 N–H and O–H groups in total. The number of rotatable bonds is 2. The molecule has 0 fully saturated rings. The van der Waals surface area contributed by atoms with Gasteiger partial charge < -0.3 is 4.98 Å². The Morgan fingerprint density at radius 1 is 1.11 bits per heavy atom. The largest absolute Gasteiger partial charge is 0.326 e. The van der Waals surface area contributed by atoms with E-state index in [9.17, 15) is 4.79 Å². The Hall–Kier alpha value is -2.29. The van der Waals surface area contributed by atoms with Crippen LogP contribution in [0.1, 0.15) is 11.1 Å². The zero-order valence-corrected chi connectivity index (χ0v) is 10.2. The van der Waals surface area contributed by atoms with Crippen LogP contribution in [0.5, 0.6) is 0 Å². The second kappa shape index (κ2) is 4.18. The number of aromatic amines is 1. The number of aryl methyl sites for hydroxylation is 1. The van der Waals surface area contributed by atoms with Gasteiger partial charge in [0, 0.05) is 0 Å². The molecule has 18 heavy (non-hydrogen) atoms. The Labute approximate surface area is 105 Å². The van der Waals surface area contributed by atoms with E-state index in [1.165, 1.54) is 0 Å². The molecule has 0 saturated heterocycles. The maximum atomic E-state index is 12.0. The number of aromatic nitrogens is 2. The number of benzene rings is 2. The Balaban J connectivity index is 2.14. The van der Waals surface area contributed by atoms with Crippen LogP contribution in [-0.2, 0) is 6.54 Å². The van der Waals surface area contributed by atoms with Gasteiger partial charge in [0.25, 0.3) is 0 Å². The highest BCUT2D eigenvalue weighted by Gasteiger charge is 2.06. The van der Waals surface area contributed by atoms with Gasteiger partial charge in [0.2, 0.25) is 0 Å². The quantitative estimate of drug-likeness (QED) is 0.732. The van der Waals surface area contributed by atoms with E-state index in [1.807, 2.05) is 55.5 Å². The Bertz CT molecular complexity index is 738. The average Bonchev–Trinajstić information content (AvgIpc) is 2.67. The maximum absolute atomic E-state index is 12.0. The van der Waals surface area contributed by atoms with E-state index < -0.39 is 0 Å². The van der Waals surface area contributed by atoms with E-state index in [4.69, 9.17) is 0 Å². The van der Waals surface area contributed by atoms with E-state index in [1.54, 1.807) is 4.57 Å². The fraction of sp³-hybridized carbons (Fsp3) is 0.133. The van der Waals surface area contributed by atoms with Crippen molar-refractivity contribution in [2.75, 3.05) is 0 Å². The molecule has 0 saturated carbocycles. The topological polar surface area (TPSA) is 37.8 Å². The monoisotopic (exact) mass is 238 g/mol. The SMILES string of the molecule is Cc1ccc2[nH]c(=O)n(Cc3ccccc3)c2c1. The van der Waals surface area contributed by atoms with Gasteiger partial charge in [0.05, 0.1) is 17.6 Å². The first-order valence-electron chi connectivity index (χ1n) is 5.97. The molecule has 0 spiro atoms. The van der Waals surface area contributed by atoms with Crippen LogP contribution >= 0.6 is 0 Å². The summed E-state index contributed by atoms with van der Waals surface area (Å²) in [4.78, 5) is 14.8. The maximum Gasteiger partial charge on any atom is 0.326 e. The van der Waals surface area contributed by atoms with Gasteiger partial charge in [-0.25, -0.2) is 4.79 Å². The molecule has 3 heteroatoms. The number of imidazole rings is 1. The minimum Gasteiger partial charge on any atom is -0.306 e. The molecule has 0 radical (unpaired) electrons. The van der Waals surface area contributed by atoms with Crippen LogP contribution in [0.25, 0.3) is 11.0 Å². The third-order valence-electron chi connectivity index (χ3n) is 3.11. The molecule has 90 valence electrons. The van der Waals surface area contributed by atoms with Crippen LogP contribution in [0.15, 0.2) is 53.3 Å². The lowest BCUT2D eigenvalue weighted by atomic mass is 10.2. The lowest BCUT2D eigenvalue weighted by molar-refractivity contribution is 0.787. The fourth-order valence-corrected chi connectivity index (χ4v) is 2.19. The summed E-state index contributed by atoms with van der Waals surface area (Å²) in [6.07, 6.45) is 0. The van der Waals surface area contributed by atoms with Crippen LogP contribution in [0.4, 0.5) is 0 Å². The molecule has 0 amide bonds. The second-order valence-electron chi connectivity index (χ2n) is 4.52. The van der Waals surface area contributed by atoms with Crippen molar-refractivity contribution in [3.8, 4) is 0 Å². The first-order chi connectivity index (χ1) is 8.74. The molecule has 3 nitrogen and oxygen atoms in total. The standard InChI is InChI=1S/C15H14N2O/c1-11-7-8-13-14(9-11)17(15(18)16-13)10-12-5-3-2-4-6-12/h2-9H,10H2,1H3,(H,16,18). The lowest BCUT2D eigenvalue weighted by Crippen LogP contribution is -2.17. The number of nitrogens with zero attached hydrogens (tertiary/aromatic N) is 1. The van der Waals surface area contributed by atoms with E-state index in [0.717, 1.165) is 22.2 Å². The summed E-state index contributed by atoms with van der Waals surface area (Å²) in [6.45, 7) is 2.63. The highest BCUT2D eigenvalue weighted by Crippen LogP contribution is 2.13. The lowest BCUT2D eigenvalue weighted by Gasteiger charge is -2.03. The molecule has 0 aliphatic heterocycles. The van der Waals surface area contributed by atoms with Gasteiger partial charge in [0.15, 0.2) is 0 Å². The normalized spacial score (nSPS) is 10.9. The minimum atomic E-state index is -0.0561. The molecule has 0 aliphatic rings. The minimum absolute atomic E-state index is 0.0561. The summed E-state index contributed by atoms with van der Waals surface area (Å²) >= 11 is 0. The van der Waals surface area contributed by atoms with E-state index in [2.05, 4.69) is 4.98 Å². The molecule has 3 aromatic rings. The molecule has 2 aromatic carbocycles. The molecular formula is C15H14N2O. The van der Waals surface area contributed by atoms with Crippen molar-refractivity contribution in [1.29, 1.82) is 0 Å². The van der Waals surface area contributed by atoms with Crippen LogP contribution in [0, 0.1) is 6.92 Å². The van der Waals surface area contributed by atoms with Gasteiger partial charge in [-0.15, -0.1) is 0 Å². The van der Waals surface area contributed by atoms with Crippen LogP contribution in [-0.4, -0.2) is 9.55 Å². The molecule has 1 heterocycles. The van der Waals surface area contributed by atoms with Crippen molar-refractivity contribution in [2.24, 2.45) is 0 Å². The zero-order valence-electron chi connectivity index (χ0n) is 10.2. The second-order valence-corrected chi connectivity index (χ2v) is 4.52. The number of H-pyrrole nitrogens is 1. The summed E-state index contributed by atoms with van der Waals surface area (Å²) in [5.41, 5.74) is 4.08. The highest BCUT2D eigenvalue weighted by atomic mass is 16.1. The molecular weight excluding hydrogens is 224 g/mol. The van der Waals surface area contributed by atoms with Gasteiger partial charge in [-0.05, 0) is 30.2 Å². The Morgan fingerprint density at radius 3 is 2.67 bits per heavy atom. The summed E-state index contributed by atoms with van der Waals surface area (Å²) in [6, 6.07) is 16.0. The first kappa shape index (κ1) is 10.8. The van der Waals surface area contributed by atoms with Gasteiger partial charge >= 0.3 is 5.69 Å². The van der Waals surface area contributed by atoms with Gasteiger partial charge in [-0.1, -0.05) is 36.4 Å². The first-order valence-corrected chi connectivity index (χ1v) is 5.97. The van der Waals surface area contributed by atoms with Crippen molar-refractivity contribution in [3.05, 3.63) is 70.1 Å². The third kappa shape index (κ3) is 1.84. The van der Waals surface area contributed by atoms with E-state index in [0.29, 0.717) is 6.54 Å². The highest BCUT2D eigenvalue weighted by molar-refractivity contribution is 5.76. The van der Waals surface area contributed by atoms with Gasteiger partial charge in [0.1, 0.15) is 0 Å². The molecule has 0 atom stereocenters. The number of fused-ring (bicyclic) bond motifs is 1. The van der Waals surface area contributed by atoms with Crippen LogP contribution in [0.2, 0.25) is 0 Å². The zero-order chi connectivity index (χ0) is 12.5. The third-order valence-corrected chi connectivity index (χ3v) is 3.11. The molecule has 0 aliphatic carbocycles. The summed E-state index contributed by atoms with van der Waals surface area (Å²) in [7, 11) is 0. The number of hydrogen-bond donors (Lipinski definition) is 1. The van der Waals surface area contributed by atoms with Crippen molar-refractivity contribution >= 4 is 11.0 Å². The van der Waals surface area contributed by atoms with Crippen molar-refractivity contribution in [3.63, 3.8) is 0 Å². The van der Waals surface area contributed by atoms with Crippen LogP contribution < -0.4 is 5.69 Å². The van der Waals surface area contributed by atoms with Crippen molar-refractivity contribution in [2.45, 2.75) is 13.5 Å². The average molecular weight is 238 g/mol. The van der Waals surface area contributed by atoms with Gasteiger partial charge in [-0.2, -0.15) is 0 Å². The molecule has 3 rings (SSSR count). The predicted molar refractivity (Wildman–Crippen MR) is 72.8 cm³/mol. The number of nitrogens with one attached hydrogen (secondary N) is 1. The van der Waals surface area contributed by atoms with Crippen molar-refractivity contribution in [1.82, 2.24) is 9.55 Å². The Morgan fingerprint density at radius 2 is 1.89 bits per heavy atom. The summed E-state index contributed by atoms with van der Waals surface area (Å²) in [5, 5.41) is 0. The Kier molecular flexibility index (Phi) is 2.52. The summed E-state index contributed by atoms with van der Waals surface area (Å²) < 4.78 is 1.78. The predicted octanol–water partition coefficient (Wildman–Crippen LogP) is 2.69. The van der Waals surface area contributed by atoms with Gasteiger partial charge in [-0.3, -0.25) is 4.57 Å². The van der Waals surface area contributed by atoms with Crippen molar-refractivity contribution < 1.29 is 0 Å². The molecule has 0 bridgehead atoms. The summed E-state index contributed by atoms with van der Waals surface area (Å²) in [5.74, 6) is 0. The number of hydrogen-bond acceptors (Lipinski definition) is 1. The molecule has 1 aromatic heterocycles. The van der Waals surface area contributed by atoms with E-state index in [-0.39, 0.29) is 5.69 Å². The fourth-order valence-electron chi connectivity index (χ4n) is 2.19. The smallest absolute Gasteiger partial charge is 0.306 e.